The minimum absolute atomic E-state index is 0.253. The van der Waals surface area contributed by atoms with Gasteiger partial charge in [0.15, 0.2) is 0 Å². The predicted octanol–water partition coefficient (Wildman–Crippen LogP) is 1.90. The van der Waals surface area contributed by atoms with Gasteiger partial charge >= 0.3 is 5.97 Å². The summed E-state index contributed by atoms with van der Waals surface area (Å²) in [5.74, 6) is -0.253. The van der Waals surface area contributed by atoms with E-state index in [0.29, 0.717) is 12.1 Å². The van der Waals surface area contributed by atoms with Crippen LogP contribution in [0.3, 0.4) is 0 Å². The molecule has 1 aromatic heterocycles. The van der Waals surface area contributed by atoms with Crippen LogP contribution in [0.25, 0.3) is 0 Å². The quantitative estimate of drug-likeness (QED) is 0.661. The van der Waals surface area contributed by atoms with E-state index >= 15 is 0 Å². The molecule has 0 saturated carbocycles. The first kappa shape index (κ1) is 12.5. The van der Waals surface area contributed by atoms with Gasteiger partial charge in [-0.1, -0.05) is 0 Å². The van der Waals surface area contributed by atoms with E-state index in [0.717, 1.165) is 25.1 Å². The third kappa shape index (κ3) is 2.48. The smallest absolute Gasteiger partial charge is 0.339 e. The number of aryl methyl sites for hydroxylation is 1. The highest BCUT2D eigenvalue weighted by molar-refractivity contribution is 6.13. The number of rotatable bonds is 4. The largest absolute Gasteiger partial charge is 0.465 e. The number of esters is 1. The Bertz CT molecular complexity index is 415. The SMILES string of the molecule is COC(=O)c1cc2n(c1CCNCl)CCCC2. The van der Waals surface area contributed by atoms with Crippen LogP contribution in [0.4, 0.5) is 0 Å². The van der Waals surface area contributed by atoms with E-state index in [-0.39, 0.29) is 5.97 Å². The number of carbonyl (C=O) groups excluding carboxylic acids is 1. The van der Waals surface area contributed by atoms with Crippen LogP contribution >= 0.6 is 11.8 Å². The van der Waals surface area contributed by atoms with E-state index in [9.17, 15) is 4.79 Å². The summed E-state index contributed by atoms with van der Waals surface area (Å²) in [5.41, 5.74) is 2.97. The molecule has 0 aliphatic carbocycles. The van der Waals surface area contributed by atoms with Crippen LogP contribution < -0.4 is 4.84 Å². The van der Waals surface area contributed by atoms with Crippen LogP contribution in [0, 0.1) is 0 Å². The molecule has 2 rings (SSSR count). The molecule has 5 heteroatoms. The molecule has 1 aliphatic rings. The zero-order valence-electron chi connectivity index (χ0n) is 9.96. The van der Waals surface area contributed by atoms with E-state index in [4.69, 9.17) is 16.5 Å². The summed E-state index contributed by atoms with van der Waals surface area (Å²) < 4.78 is 7.07. The molecule has 94 valence electrons. The molecule has 0 aromatic carbocycles. The average Bonchev–Trinajstić information content (AvgIpc) is 2.74. The van der Waals surface area contributed by atoms with Gasteiger partial charge in [0.2, 0.25) is 0 Å². The molecule has 0 saturated heterocycles. The highest BCUT2D eigenvalue weighted by Gasteiger charge is 2.21. The van der Waals surface area contributed by atoms with Gasteiger partial charge in [0, 0.05) is 30.9 Å². The number of fused-ring (bicyclic) bond motifs is 1. The molecule has 1 aliphatic heterocycles. The monoisotopic (exact) mass is 256 g/mol. The zero-order chi connectivity index (χ0) is 12.3. The van der Waals surface area contributed by atoms with Crippen molar-refractivity contribution in [2.75, 3.05) is 13.7 Å². The summed E-state index contributed by atoms with van der Waals surface area (Å²) in [7, 11) is 1.42. The fraction of sp³-hybridized carbons (Fsp3) is 0.583. The lowest BCUT2D eigenvalue weighted by Gasteiger charge is -2.18. The molecule has 4 nitrogen and oxygen atoms in total. The fourth-order valence-corrected chi connectivity index (χ4v) is 2.52. The van der Waals surface area contributed by atoms with Gasteiger partial charge in [-0.3, -0.25) is 0 Å². The van der Waals surface area contributed by atoms with E-state index in [2.05, 4.69) is 9.40 Å². The number of hydrogen-bond donors (Lipinski definition) is 1. The maximum atomic E-state index is 11.7. The summed E-state index contributed by atoms with van der Waals surface area (Å²) in [4.78, 5) is 14.3. The number of halogens is 1. The Kier molecular flexibility index (Phi) is 4.07. The van der Waals surface area contributed by atoms with Crippen LogP contribution in [-0.4, -0.2) is 24.2 Å². The van der Waals surface area contributed by atoms with Gasteiger partial charge in [-0.15, -0.1) is 0 Å². The molecule has 0 atom stereocenters. The molecule has 0 fully saturated rings. The van der Waals surface area contributed by atoms with Crippen molar-refractivity contribution in [3.63, 3.8) is 0 Å². The van der Waals surface area contributed by atoms with Crippen molar-refractivity contribution < 1.29 is 9.53 Å². The van der Waals surface area contributed by atoms with Crippen LogP contribution in [0.5, 0.6) is 0 Å². The highest BCUT2D eigenvalue weighted by atomic mass is 35.5. The number of ether oxygens (including phenoxy) is 1. The van der Waals surface area contributed by atoms with Gasteiger partial charge in [-0.2, -0.15) is 0 Å². The molecule has 1 aromatic rings. The number of methoxy groups -OCH3 is 1. The zero-order valence-corrected chi connectivity index (χ0v) is 10.7. The molecular formula is C12H17ClN2O2. The van der Waals surface area contributed by atoms with Crippen molar-refractivity contribution in [1.29, 1.82) is 0 Å². The molecule has 0 spiro atoms. The van der Waals surface area contributed by atoms with E-state index in [1.165, 1.54) is 25.6 Å². The maximum Gasteiger partial charge on any atom is 0.339 e. The van der Waals surface area contributed by atoms with Crippen molar-refractivity contribution in [2.45, 2.75) is 32.2 Å². The Hall–Kier alpha value is -1.00. The van der Waals surface area contributed by atoms with E-state index < -0.39 is 0 Å². The second-order valence-electron chi connectivity index (χ2n) is 4.23. The Labute approximate surface area is 106 Å². The number of carbonyl (C=O) groups is 1. The Morgan fingerprint density at radius 3 is 3.12 bits per heavy atom. The van der Waals surface area contributed by atoms with E-state index in [1.807, 2.05) is 6.07 Å². The predicted molar refractivity (Wildman–Crippen MR) is 66.3 cm³/mol. The molecule has 17 heavy (non-hydrogen) atoms. The number of nitrogens with one attached hydrogen (secondary N) is 1. The number of aromatic nitrogens is 1. The summed E-state index contributed by atoms with van der Waals surface area (Å²) in [6.07, 6.45) is 4.15. The molecular weight excluding hydrogens is 240 g/mol. The van der Waals surface area contributed by atoms with Crippen molar-refractivity contribution in [3.8, 4) is 0 Å². The van der Waals surface area contributed by atoms with Crippen LogP contribution in [0.2, 0.25) is 0 Å². The first-order valence-electron chi connectivity index (χ1n) is 5.91. The molecule has 1 N–H and O–H groups in total. The van der Waals surface area contributed by atoms with Crippen LogP contribution in [0.1, 0.15) is 34.6 Å². The lowest BCUT2D eigenvalue weighted by molar-refractivity contribution is 0.0599. The lowest BCUT2D eigenvalue weighted by Crippen LogP contribution is -2.17. The highest BCUT2D eigenvalue weighted by Crippen LogP contribution is 2.24. The summed E-state index contributed by atoms with van der Waals surface area (Å²) in [6.45, 7) is 1.64. The maximum absolute atomic E-state index is 11.7. The lowest BCUT2D eigenvalue weighted by atomic mass is 10.1. The van der Waals surface area contributed by atoms with Gasteiger partial charge in [-0.05, 0) is 37.1 Å². The number of nitrogens with zero attached hydrogens (tertiary/aromatic N) is 1. The summed E-state index contributed by atoms with van der Waals surface area (Å²) >= 11 is 5.49. The first-order chi connectivity index (χ1) is 8.27. The topological polar surface area (TPSA) is 43.3 Å². The van der Waals surface area contributed by atoms with Gasteiger partial charge in [0.05, 0.1) is 12.7 Å². The van der Waals surface area contributed by atoms with Crippen molar-refractivity contribution in [2.24, 2.45) is 0 Å². The standard InChI is InChI=1S/C12H17ClN2O2/c1-17-12(16)10-8-9-4-2-3-7-15(9)11(10)5-6-14-13/h8,14H,2-7H2,1H3. The van der Waals surface area contributed by atoms with Gasteiger partial charge < -0.3 is 9.30 Å². The Morgan fingerprint density at radius 2 is 2.41 bits per heavy atom. The average molecular weight is 257 g/mol. The first-order valence-corrected chi connectivity index (χ1v) is 6.28. The summed E-state index contributed by atoms with van der Waals surface area (Å²) in [5, 5.41) is 0. The minimum atomic E-state index is -0.253. The normalized spacial score (nSPS) is 14.5. The van der Waals surface area contributed by atoms with Gasteiger partial charge in [0.1, 0.15) is 0 Å². The fourth-order valence-electron chi connectivity index (χ4n) is 2.43. The molecule has 0 bridgehead atoms. The molecule has 0 unspecified atom stereocenters. The molecule has 0 amide bonds. The molecule has 0 radical (unpaired) electrons. The van der Waals surface area contributed by atoms with Crippen molar-refractivity contribution >= 4 is 17.7 Å². The summed E-state index contributed by atoms with van der Waals surface area (Å²) in [6, 6.07) is 1.97. The third-order valence-corrected chi connectivity index (χ3v) is 3.41. The van der Waals surface area contributed by atoms with Crippen LogP contribution in [0.15, 0.2) is 6.07 Å². The Morgan fingerprint density at radius 1 is 1.59 bits per heavy atom. The third-order valence-electron chi connectivity index (χ3n) is 3.22. The molecule has 2 heterocycles. The van der Waals surface area contributed by atoms with Crippen molar-refractivity contribution in [1.82, 2.24) is 9.40 Å². The van der Waals surface area contributed by atoms with Gasteiger partial charge in [0.25, 0.3) is 0 Å². The van der Waals surface area contributed by atoms with Gasteiger partial charge in [-0.25, -0.2) is 9.63 Å². The minimum Gasteiger partial charge on any atom is -0.465 e. The van der Waals surface area contributed by atoms with Crippen LogP contribution in [-0.2, 0) is 24.1 Å². The van der Waals surface area contributed by atoms with Crippen molar-refractivity contribution in [3.05, 3.63) is 23.0 Å². The number of hydrogen-bond acceptors (Lipinski definition) is 3. The second kappa shape index (κ2) is 5.56. The second-order valence-corrected chi connectivity index (χ2v) is 4.50. The Balaban J connectivity index is 2.35. The van der Waals surface area contributed by atoms with E-state index in [1.54, 1.807) is 0 Å².